The SMILES string of the molecule is COc1ccccc1CCCNC(=O)c1cccc(-n2cnnc2)c1. The second-order valence-corrected chi connectivity index (χ2v) is 5.59. The second kappa shape index (κ2) is 8.10. The Kier molecular flexibility index (Phi) is 5.41. The van der Waals surface area contributed by atoms with Gasteiger partial charge in [0.05, 0.1) is 7.11 Å². The minimum atomic E-state index is -0.0880. The summed E-state index contributed by atoms with van der Waals surface area (Å²) in [5.41, 5.74) is 2.61. The summed E-state index contributed by atoms with van der Waals surface area (Å²) in [6.45, 7) is 0.605. The molecule has 128 valence electrons. The van der Waals surface area contributed by atoms with E-state index >= 15 is 0 Å². The van der Waals surface area contributed by atoms with Gasteiger partial charge in [0.2, 0.25) is 0 Å². The zero-order chi connectivity index (χ0) is 17.5. The van der Waals surface area contributed by atoms with Crippen molar-refractivity contribution in [2.24, 2.45) is 0 Å². The van der Waals surface area contributed by atoms with Gasteiger partial charge in [-0.25, -0.2) is 0 Å². The fourth-order valence-electron chi connectivity index (χ4n) is 2.63. The number of aromatic nitrogens is 3. The number of hydrogen-bond acceptors (Lipinski definition) is 4. The molecule has 0 atom stereocenters. The van der Waals surface area contributed by atoms with Gasteiger partial charge in [-0.2, -0.15) is 0 Å². The first-order valence-electron chi connectivity index (χ1n) is 8.13. The number of methoxy groups -OCH3 is 1. The number of rotatable bonds is 7. The molecule has 0 radical (unpaired) electrons. The van der Waals surface area contributed by atoms with Crippen molar-refractivity contribution in [1.29, 1.82) is 0 Å². The molecule has 3 rings (SSSR count). The molecule has 0 aliphatic rings. The molecule has 6 nitrogen and oxygen atoms in total. The number of aryl methyl sites for hydroxylation is 1. The maximum absolute atomic E-state index is 12.3. The third kappa shape index (κ3) is 4.23. The van der Waals surface area contributed by atoms with Crippen LogP contribution in [0, 0.1) is 0 Å². The number of nitrogens with zero attached hydrogens (tertiary/aromatic N) is 3. The predicted molar refractivity (Wildman–Crippen MR) is 95.0 cm³/mol. The molecule has 0 saturated heterocycles. The standard InChI is InChI=1S/C19H20N4O2/c1-25-18-10-3-2-6-15(18)8-5-11-20-19(24)16-7-4-9-17(12-16)23-13-21-22-14-23/h2-4,6-7,9-10,12-14H,5,8,11H2,1H3,(H,20,24). The molecule has 2 aromatic carbocycles. The molecule has 6 heteroatoms. The third-order valence-corrected chi connectivity index (χ3v) is 3.93. The number of carbonyl (C=O) groups excluding carboxylic acids is 1. The first kappa shape index (κ1) is 16.7. The van der Waals surface area contributed by atoms with E-state index in [0.717, 1.165) is 29.8 Å². The number of amides is 1. The van der Waals surface area contributed by atoms with Gasteiger partial charge in [0.1, 0.15) is 18.4 Å². The van der Waals surface area contributed by atoms with Crippen molar-refractivity contribution in [3.63, 3.8) is 0 Å². The van der Waals surface area contributed by atoms with E-state index in [0.29, 0.717) is 12.1 Å². The Bertz CT molecular complexity index is 831. The average Bonchev–Trinajstić information content (AvgIpc) is 3.20. The summed E-state index contributed by atoms with van der Waals surface area (Å²) in [7, 11) is 1.67. The molecule has 1 amide bonds. The molecule has 0 spiro atoms. The maximum Gasteiger partial charge on any atom is 0.251 e. The fourth-order valence-corrected chi connectivity index (χ4v) is 2.63. The Balaban J connectivity index is 1.54. The molecular formula is C19H20N4O2. The second-order valence-electron chi connectivity index (χ2n) is 5.59. The molecule has 3 aromatic rings. The highest BCUT2D eigenvalue weighted by molar-refractivity contribution is 5.94. The number of ether oxygens (including phenoxy) is 1. The van der Waals surface area contributed by atoms with Crippen molar-refractivity contribution in [3.05, 3.63) is 72.3 Å². The zero-order valence-electron chi connectivity index (χ0n) is 14.1. The highest BCUT2D eigenvalue weighted by atomic mass is 16.5. The normalized spacial score (nSPS) is 10.4. The van der Waals surface area contributed by atoms with E-state index in [2.05, 4.69) is 15.5 Å². The van der Waals surface area contributed by atoms with Gasteiger partial charge in [-0.15, -0.1) is 10.2 Å². The van der Waals surface area contributed by atoms with Crippen molar-refractivity contribution in [1.82, 2.24) is 20.1 Å². The van der Waals surface area contributed by atoms with Crippen LogP contribution in [-0.4, -0.2) is 34.3 Å². The van der Waals surface area contributed by atoms with Crippen molar-refractivity contribution >= 4 is 5.91 Å². The Morgan fingerprint density at radius 1 is 1.12 bits per heavy atom. The summed E-state index contributed by atoms with van der Waals surface area (Å²) < 4.78 is 7.10. The summed E-state index contributed by atoms with van der Waals surface area (Å²) >= 11 is 0. The largest absolute Gasteiger partial charge is 0.496 e. The van der Waals surface area contributed by atoms with Gasteiger partial charge < -0.3 is 10.1 Å². The van der Waals surface area contributed by atoms with Crippen LogP contribution in [0.5, 0.6) is 5.75 Å². The van der Waals surface area contributed by atoms with Crippen LogP contribution in [-0.2, 0) is 6.42 Å². The lowest BCUT2D eigenvalue weighted by Gasteiger charge is -2.09. The van der Waals surface area contributed by atoms with Gasteiger partial charge in [-0.05, 0) is 42.7 Å². The molecular weight excluding hydrogens is 316 g/mol. The summed E-state index contributed by atoms with van der Waals surface area (Å²) in [4.78, 5) is 12.3. The van der Waals surface area contributed by atoms with Crippen LogP contribution in [0.1, 0.15) is 22.3 Å². The fraction of sp³-hybridized carbons (Fsp3) is 0.211. The molecule has 1 N–H and O–H groups in total. The highest BCUT2D eigenvalue weighted by Crippen LogP contribution is 2.18. The molecule has 0 aliphatic carbocycles. The first-order valence-corrected chi connectivity index (χ1v) is 8.13. The maximum atomic E-state index is 12.3. The van der Waals surface area contributed by atoms with E-state index in [-0.39, 0.29) is 5.91 Å². The van der Waals surface area contributed by atoms with Crippen molar-refractivity contribution < 1.29 is 9.53 Å². The molecule has 0 aliphatic heterocycles. The number of benzene rings is 2. The molecule has 0 fully saturated rings. The van der Waals surface area contributed by atoms with Crippen LogP contribution < -0.4 is 10.1 Å². The average molecular weight is 336 g/mol. The highest BCUT2D eigenvalue weighted by Gasteiger charge is 2.07. The van der Waals surface area contributed by atoms with E-state index in [1.54, 1.807) is 30.4 Å². The van der Waals surface area contributed by atoms with Crippen LogP contribution in [0.3, 0.4) is 0 Å². The van der Waals surface area contributed by atoms with E-state index in [1.807, 2.05) is 42.5 Å². The van der Waals surface area contributed by atoms with Gasteiger partial charge in [0, 0.05) is 17.8 Å². The van der Waals surface area contributed by atoms with Crippen LogP contribution >= 0.6 is 0 Å². The Labute approximate surface area is 146 Å². The van der Waals surface area contributed by atoms with Gasteiger partial charge in [0.15, 0.2) is 0 Å². The van der Waals surface area contributed by atoms with Crippen LogP contribution in [0.15, 0.2) is 61.2 Å². The van der Waals surface area contributed by atoms with Crippen molar-refractivity contribution in [2.75, 3.05) is 13.7 Å². The van der Waals surface area contributed by atoms with Gasteiger partial charge in [-0.3, -0.25) is 9.36 Å². The Morgan fingerprint density at radius 2 is 1.92 bits per heavy atom. The topological polar surface area (TPSA) is 69.0 Å². The smallest absolute Gasteiger partial charge is 0.251 e. The predicted octanol–water partition coefficient (Wildman–Crippen LogP) is 2.64. The number of hydrogen-bond donors (Lipinski definition) is 1. The summed E-state index contributed by atoms with van der Waals surface area (Å²) in [5, 5.41) is 10.5. The Morgan fingerprint density at radius 3 is 2.72 bits per heavy atom. The van der Waals surface area contributed by atoms with Crippen LogP contribution in [0.4, 0.5) is 0 Å². The van der Waals surface area contributed by atoms with E-state index in [4.69, 9.17) is 4.74 Å². The van der Waals surface area contributed by atoms with Crippen LogP contribution in [0.2, 0.25) is 0 Å². The summed E-state index contributed by atoms with van der Waals surface area (Å²) in [6, 6.07) is 15.3. The lowest BCUT2D eigenvalue weighted by Crippen LogP contribution is -2.24. The minimum absolute atomic E-state index is 0.0880. The molecule has 25 heavy (non-hydrogen) atoms. The van der Waals surface area contributed by atoms with E-state index in [1.165, 1.54) is 0 Å². The quantitative estimate of drug-likeness (QED) is 0.674. The third-order valence-electron chi connectivity index (χ3n) is 3.93. The minimum Gasteiger partial charge on any atom is -0.496 e. The molecule has 0 unspecified atom stereocenters. The molecule has 0 bridgehead atoms. The van der Waals surface area contributed by atoms with Gasteiger partial charge in [-0.1, -0.05) is 24.3 Å². The summed E-state index contributed by atoms with van der Waals surface area (Å²) in [5.74, 6) is 0.797. The van der Waals surface area contributed by atoms with E-state index < -0.39 is 0 Å². The van der Waals surface area contributed by atoms with Gasteiger partial charge in [0.25, 0.3) is 5.91 Å². The first-order chi connectivity index (χ1) is 12.3. The number of nitrogens with one attached hydrogen (secondary N) is 1. The lowest BCUT2D eigenvalue weighted by atomic mass is 10.1. The van der Waals surface area contributed by atoms with Crippen molar-refractivity contribution in [2.45, 2.75) is 12.8 Å². The van der Waals surface area contributed by atoms with Gasteiger partial charge >= 0.3 is 0 Å². The lowest BCUT2D eigenvalue weighted by molar-refractivity contribution is 0.0953. The number of para-hydroxylation sites is 1. The Hall–Kier alpha value is -3.15. The molecule has 0 saturated carbocycles. The summed E-state index contributed by atoms with van der Waals surface area (Å²) in [6.07, 6.45) is 4.90. The van der Waals surface area contributed by atoms with Crippen LogP contribution in [0.25, 0.3) is 5.69 Å². The molecule has 1 aromatic heterocycles. The zero-order valence-corrected chi connectivity index (χ0v) is 14.1. The van der Waals surface area contributed by atoms with E-state index in [9.17, 15) is 4.79 Å². The van der Waals surface area contributed by atoms with Crippen molar-refractivity contribution in [3.8, 4) is 11.4 Å². The number of carbonyl (C=O) groups is 1. The monoisotopic (exact) mass is 336 g/mol. The molecule has 1 heterocycles.